The summed E-state index contributed by atoms with van der Waals surface area (Å²) in [6.07, 6.45) is 0. The van der Waals surface area contributed by atoms with E-state index < -0.39 is 16.6 Å². The van der Waals surface area contributed by atoms with Gasteiger partial charge in [-0.05, 0) is 53.2 Å². The Hall–Kier alpha value is -1.67. The van der Waals surface area contributed by atoms with Crippen molar-refractivity contribution < 1.29 is 21.9 Å². The molecule has 0 heterocycles. The molecule has 0 aliphatic rings. The molecule has 0 saturated heterocycles. The number of rotatable bonds is 5. The third-order valence-electron chi connectivity index (χ3n) is 2.74. The first-order valence-corrected chi connectivity index (χ1v) is 8.39. The van der Waals surface area contributed by atoms with Crippen molar-refractivity contribution in [1.29, 1.82) is 0 Å². The Morgan fingerprint density at radius 2 is 1.77 bits per heavy atom. The Balaban J connectivity index is 2.24. The Bertz CT molecular complexity index is 764. The molecule has 0 spiro atoms. The van der Waals surface area contributed by atoms with Crippen LogP contribution in [0.3, 0.4) is 0 Å². The Morgan fingerprint density at radius 3 is 2.32 bits per heavy atom. The number of nitrogens with one attached hydrogen (secondary N) is 1. The molecule has 0 saturated carbocycles. The first-order valence-electron chi connectivity index (χ1n) is 6.12. The summed E-state index contributed by atoms with van der Waals surface area (Å²) in [5, 5.41) is 0. The lowest BCUT2D eigenvalue weighted by Gasteiger charge is -2.11. The molecule has 1 N–H and O–H groups in total. The van der Waals surface area contributed by atoms with Crippen LogP contribution in [0.25, 0.3) is 0 Å². The van der Waals surface area contributed by atoms with Gasteiger partial charge in [0.15, 0.2) is 0 Å². The first-order chi connectivity index (χ1) is 10.3. The fourth-order valence-corrected chi connectivity index (χ4v) is 3.34. The highest BCUT2D eigenvalue weighted by atomic mass is 79.9. The van der Waals surface area contributed by atoms with Crippen molar-refractivity contribution in [3.05, 3.63) is 52.5 Å². The number of halogens is 3. The van der Waals surface area contributed by atoms with E-state index in [1.165, 1.54) is 30.3 Å². The number of aryl methyl sites for hydroxylation is 1. The molecule has 8 heteroatoms. The third-order valence-corrected chi connectivity index (χ3v) is 4.78. The zero-order valence-electron chi connectivity index (χ0n) is 11.4. The number of benzene rings is 2. The molecule has 0 unspecified atom stereocenters. The second-order valence-corrected chi connectivity index (χ2v) is 6.98. The molecule has 0 bridgehead atoms. The van der Waals surface area contributed by atoms with Gasteiger partial charge in [-0.15, -0.1) is 0 Å². The lowest BCUT2D eigenvalue weighted by atomic mass is 10.2. The van der Waals surface area contributed by atoms with Gasteiger partial charge in [-0.1, -0.05) is 17.7 Å². The maximum Gasteiger partial charge on any atom is 0.387 e. The van der Waals surface area contributed by atoms with E-state index >= 15 is 0 Å². The van der Waals surface area contributed by atoms with Gasteiger partial charge >= 0.3 is 6.61 Å². The van der Waals surface area contributed by atoms with Gasteiger partial charge < -0.3 is 4.74 Å². The summed E-state index contributed by atoms with van der Waals surface area (Å²) >= 11 is 3.12. The number of hydrogen-bond donors (Lipinski definition) is 1. The van der Waals surface area contributed by atoms with Crippen LogP contribution in [0.15, 0.2) is 51.8 Å². The van der Waals surface area contributed by atoms with Crippen molar-refractivity contribution in [3.63, 3.8) is 0 Å². The number of ether oxygens (including phenoxy) is 1. The average Bonchev–Trinajstić information content (AvgIpc) is 2.41. The van der Waals surface area contributed by atoms with Crippen LogP contribution in [0.2, 0.25) is 0 Å². The van der Waals surface area contributed by atoms with Crippen molar-refractivity contribution >= 4 is 31.6 Å². The minimum atomic E-state index is -3.76. The topological polar surface area (TPSA) is 55.4 Å². The molecule has 2 aromatic rings. The molecule has 0 aromatic heterocycles. The maximum absolute atomic E-state index is 12.2. The van der Waals surface area contributed by atoms with Crippen LogP contribution in [0.5, 0.6) is 5.75 Å². The van der Waals surface area contributed by atoms with E-state index in [-0.39, 0.29) is 16.3 Å². The highest BCUT2D eigenvalue weighted by Gasteiger charge is 2.16. The van der Waals surface area contributed by atoms with Crippen molar-refractivity contribution in [2.24, 2.45) is 0 Å². The van der Waals surface area contributed by atoms with Crippen molar-refractivity contribution in [2.75, 3.05) is 4.72 Å². The van der Waals surface area contributed by atoms with Crippen LogP contribution in [-0.2, 0) is 10.0 Å². The molecular formula is C14H12BrF2NO3S. The highest BCUT2D eigenvalue weighted by Crippen LogP contribution is 2.29. The molecule has 0 aliphatic carbocycles. The molecule has 0 radical (unpaired) electrons. The largest absolute Gasteiger partial charge is 0.435 e. The molecule has 2 rings (SSSR count). The summed E-state index contributed by atoms with van der Waals surface area (Å²) in [6.45, 7) is -1.09. The average molecular weight is 392 g/mol. The standard InChI is InChI=1S/C14H12BrF2NO3S/c1-9-2-5-11(6-3-9)22(19,20)18-13-7-4-10(8-12(13)15)21-14(16)17/h2-8,14,18H,1H3. The van der Waals surface area contributed by atoms with E-state index in [1.807, 2.05) is 6.92 Å². The smallest absolute Gasteiger partial charge is 0.387 e. The second kappa shape index (κ2) is 6.62. The lowest BCUT2D eigenvalue weighted by molar-refractivity contribution is -0.0498. The molecule has 118 valence electrons. The molecule has 0 aliphatic heterocycles. The van der Waals surface area contributed by atoms with E-state index in [0.717, 1.165) is 5.56 Å². The van der Waals surface area contributed by atoms with Crippen LogP contribution in [0.4, 0.5) is 14.5 Å². The zero-order valence-corrected chi connectivity index (χ0v) is 13.8. The van der Waals surface area contributed by atoms with E-state index in [9.17, 15) is 17.2 Å². The molecule has 2 aromatic carbocycles. The van der Waals surface area contributed by atoms with Crippen molar-refractivity contribution in [2.45, 2.75) is 18.4 Å². The maximum atomic E-state index is 12.2. The molecule has 0 amide bonds. The van der Waals surface area contributed by atoms with Crippen molar-refractivity contribution in [3.8, 4) is 5.75 Å². The van der Waals surface area contributed by atoms with Crippen LogP contribution in [-0.4, -0.2) is 15.0 Å². The SMILES string of the molecule is Cc1ccc(S(=O)(=O)Nc2ccc(OC(F)F)cc2Br)cc1. The number of anilines is 1. The summed E-state index contributed by atoms with van der Waals surface area (Å²) in [5.41, 5.74) is 1.16. The van der Waals surface area contributed by atoms with Gasteiger partial charge in [0, 0.05) is 4.47 Å². The summed E-state index contributed by atoms with van der Waals surface area (Å²) in [4.78, 5) is 0.109. The van der Waals surface area contributed by atoms with Gasteiger partial charge in [-0.25, -0.2) is 8.42 Å². The minimum Gasteiger partial charge on any atom is -0.435 e. The second-order valence-electron chi connectivity index (χ2n) is 4.44. The van der Waals surface area contributed by atoms with Gasteiger partial charge in [0.05, 0.1) is 10.6 Å². The summed E-state index contributed by atoms with van der Waals surface area (Å²) in [5.74, 6) is -0.0693. The van der Waals surface area contributed by atoms with Gasteiger partial charge in [0.2, 0.25) is 0 Å². The summed E-state index contributed by atoms with van der Waals surface area (Å²) < 4.78 is 55.7. The summed E-state index contributed by atoms with van der Waals surface area (Å²) in [7, 11) is -3.76. The van der Waals surface area contributed by atoms with E-state index in [4.69, 9.17) is 0 Å². The monoisotopic (exact) mass is 391 g/mol. The van der Waals surface area contributed by atoms with Gasteiger partial charge in [-0.3, -0.25) is 4.72 Å². The fraction of sp³-hybridized carbons (Fsp3) is 0.143. The van der Waals surface area contributed by atoms with Crippen LogP contribution in [0.1, 0.15) is 5.56 Å². The van der Waals surface area contributed by atoms with Gasteiger partial charge in [0.25, 0.3) is 10.0 Å². The van der Waals surface area contributed by atoms with Crippen LogP contribution in [0, 0.1) is 6.92 Å². The number of sulfonamides is 1. The molecule has 0 atom stereocenters. The number of alkyl halides is 2. The van der Waals surface area contributed by atoms with Gasteiger partial charge in [0.1, 0.15) is 5.75 Å². The Morgan fingerprint density at radius 1 is 1.14 bits per heavy atom. The Kier molecular flexibility index (Phi) is 5.02. The number of hydrogen-bond acceptors (Lipinski definition) is 3. The molecular weight excluding hydrogens is 380 g/mol. The quantitative estimate of drug-likeness (QED) is 0.832. The third kappa shape index (κ3) is 4.17. The molecule has 0 fully saturated rings. The fourth-order valence-electron chi connectivity index (χ4n) is 1.68. The highest BCUT2D eigenvalue weighted by molar-refractivity contribution is 9.10. The van der Waals surface area contributed by atoms with E-state index in [0.29, 0.717) is 4.47 Å². The zero-order chi connectivity index (χ0) is 16.3. The molecule has 4 nitrogen and oxygen atoms in total. The van der Waals surface area contributed by atoms with Crippen molar-refractivity contribution in [1.82, 2.24) is 0 Å². The predicted molar refractivity (Wildman–Crippen MR) is 82.8 cm³/mol. The van der Waals surface area contributed by atoms with E-state index in [2.05, 4.69) is 25.4 Å². The normalized spacial score (nSPS) is 11.5. The van der Waals surface area contributed by atoms with Gasteiger partial charge in [-0.2, -0.15) is 8.78 Å². The van der Waals surface area contributed by atoms with Crippen LogP contribution < -0.4 is 9.46 Å². The van der Waals surface area contributed by atoms with Crippen LogP contribution >= 0.6 is 15.9 Å². The predicted octanol–water partition coefficient (Wildman–Crippen LogP) is 4.16. The lowest BCUT2D eigenvalue weighted by Crippen LogP contribution is -2.13. The van der Waals surface area contributed by atoms with E-state index in [1.54, 1.807) is 12.1 Å². The minimum absolute atomic E-state index is 0.0693. The summed E-state index contributed by atoms with van der Waals surface area (Å²) in [6, 6.07) is 10.2. The Labute approximate surface area is 135 Å². The first kappa shape index (κ1) is 16.7. The molecule has 22 heavy (non-hydrogen) atoms.